The summed E-state index contributed by atoms with van der Waals surface area (Å²) in [5, 5.41) is 0. The molecular formula is C8H13NO2S. The maximum atomic E-state index is 10.8. The molecule has 68 valence electrons. The molecule has 0 atom stereocenters. The van der Waals surface area contributed by atoms with Crippen molar-refractivity contribution in [1.82, 2.24) is 4.72 Å². The summed E-state index contributed by atoms with van der Waals surface area (Å²) in [4.78, 5) is 0. The third kappa shape index (κ3) is 5.88. The molecule has 3 nitrogen and oxygen atoms in total. The molecule has 0 unspecified atom stereocenters. The maximum Gasteiger partial charge on any atom is 0.214 e. The van der Waals surface area contributed by atoms with E-state index in [-0.39, 0.29) is 5.75 Å². The number of hydrogen-bond donors (Lipinski definition) is 1. The van der Waals surface area contributed by atoms with Gasteiger partial charge in [-0.05, 0) is 7.05 Å². The third-order valence-electron chi connectivity index (χ3n) is 1.12. The summed E-state index contributed by atoms with van der Waals surface area (Å²) < 4.78 is 23.9. The Morgan fingerprint density at radius 1 is 1.33 bits per heavy atom. The summed E-state index contributed by atoms with van der Waals surface area (Å²) in [7, 11) is -1.71. The van der Waals surface area contributed by atoms with Crippen LogP contribution in [0.15, 0.2) is 37.0 Å². The lowest BCUT2D eigenvalue weighted by Gasteiger charge is -1.94. The molecule has 0 aromatic rings. The molecule has 0 aliphatic heterocycles. The summed E-state index contributed by atoms with van der Waals surface area (Å²) in [5.41, 5.74) is 0. The van der Waals surface area contributed by atoms with Crippen LogP contribution in [0.5, 0.6) is 0 Å². The van der Waals surface area contributed by atoms with Crippen LogP contribution < -0.4 is 4.72 Å². The molecule has 0 amide bonds. The molecule has 12 heavy (non-hydrogen) atoms. The molecule has 0 aliphatic rings. The quantitative estimate of drug-likeness (QED) is 0.648. The van der Waals surface area contributed by atoms with Gasteiger partial charge in [-0.15, -0.1) is 0 Å². The van der Waals surface area contributed by atoms with Gasteiger partial charge in [-0.3, -0.25) is 0 Å². The smallest absolute Gasteiger partial charge is 0.214 e. The van der Waals surface area contributed by atoms with Crippen LogP contribution in [0.3, 0.4) is 0 Å². The first-order valence-corrected chi connectivity index (χ1v) is 5.13. The van der Waals surface area contributed by atoms with Crippen molar-refractivity contribution < 1.29 is 8.42 Å². The van der Waals surface area contributed by atoms with E-state index >= 15 is 0 Å². The van der Waals surface area contributed by atoms with Crippen molar-refractivity contribution in [2.24, 2.45) is 0 Å². The van der Waals surface area contributed by atoms with Gasteiger partial charge in [-0.25, -0.2) is 13.1 Å². The average Bonchev–Trinajstić information content (AvgIpc) is 2.04. The molecule has 0 rings (SSSR count). The number of hydrogen-bond acceptors (Lipinski definition) is 2. The van der Waals surface area contributed by atoms with Crippen LogP contribution in [-0.2, 0) is 10.0 Å². The second kappa shape index (κ2) is 5.74. The summed E-state index contributed by atoms with van der Waals surface area (Å²) >= 11 is 0. The van der Waals surface area contributed by atoms with Crippen molar-refractivity contribution in [3.63, 3.8) is 0 Å². The highest BCUT2D eigenvalue weighted by Crippen LogP contribution is 1.85. The van der Waals surface area contributed by atoms with Gasteiger partial charge in [-0.1, -0.05) is 37.0 Å². The van der Waals surface area contributed by atoms with Crippen molar-refractivity contribution in [3.05, 3.63) is 37.0 Å². The van der Waals surface area contributed by atoms with Gasteiger partial charge in [0.2, 0.25) is 10.0 Å². The van der Waals surface area contributed by atoms with E-state index in [1.54, 1.807) is 30.4 Å². The molecule has 0 spiro atoms. The van der Waals surface area contributed by atoms with Gasteiger partial charge in [0.25, 0.3) is 0 Å². The minimum absolute atomic E-state index is 0.00494. The molecule has 4 heteroatoms. The van der Waals surface area contributed by atoms with Gasteiger partial charge in [0, 0.05) is 0 Å². The summed E-state index contributed by atoms with van der Waals surface area (Å²) in [5.74, 6) is 0.00494. The van der Waals surface area contributed by atoms with Crippen LogP contribution in [-0.4, -0.2) is 21.2 Å². The Labute approximate surface area is 73.5 Å². The lowest BCUT2D eigenvalue weighted by Crippen LogP contribution is -2.20. The molecule has 0 aliphatic carbocycles. The normalized spacial score (nSPS) is 12.8. The lowest BCUT2D eigenvalue weighted by atomic mass is 10.4. The standard InChI is InChI=1S/C8H13NO2S/c1-3-4-5-6-7-8-12(10,11)9-2/h3-7,9H,1,8H2,2H3/b5-4-,7-6-. The van der Waals surface area contributed by atoms with Crippen LogP contribution >= 0.6 is 0 Å². The van der Waals surface area contributed by atoms with E-state index in [2.05, 4.69) is 11.3 Å². The van der Waals surface area contributed by atoms with Crippen LogP contribution in [0.1, 0.15) is 0 Å². The van der Waals surface area contributed by atoms with Crippen LogP contribution in [0.4, 0.5) is 0 Å². The van der Waals surface area contributed by atoms with E-state index < -0.39 is 10.0 Å². The molecule has 0 aromatic carbocycles. The van der Waals surface area contributed by atoms with Gasteiger partial charge in [-0.2, -0.15) is 0 Å². The molecule has 0 radical (unpaired) electrons. The molecule has 0 aromatic heterocycles. The molecular weight excluding hydrogens is 174 g/mol. The van der Waals surface area contributed by atoms with Crippen molar-refractivity contribution in [1.29, 1.82) is 0 Å². The molecule has 1 N–H and O–H groups in total. The number of sulfonamides is 1. The predicted octanol–water partition coefficient (Wildman–Crippen LogP) is 0.834. The second-order valence-corrected chi connectivity index (χ2v) is 4.01. The Hall–Kier alpha value is -0.870. The van der Waals surface area contributed by atoms with E-state index in [1.807, 2.05) is 0 Å². The van der Waals surface area contributed by atoms with Crippen LogP contribution in [0, 0.1) is 0 Å². The number of nitrogens with one attached hydrogen (secondary N) is 1. The zero-order valence-corrected chi connectivity index (χ0v) is 7.84. The minimum atomic E-state index is -3.10. The van der Waals surface area contributed by atoms with E-state index in [0.29, 0.717) is 0 Å². The highest BCUT2D eigenvalue weighted by atomic mass is 32.2. The Bertz CT molecular complexity index is 275. The van der Waals surface area contributed by atoms with E-state index in [9.17, 15) is 8.42 Å². The van der Waals surface area contributed by atoms with Crippen LogP contribution in [0.25, 0.3) is 0 Å². The fraction of sp³-hybridized carbons (Fsp3) is 0.250. The van der Waals surface area contributed by atoms with Gasteiger partial charge >= 0.3 is 0 Å². The monoisotopic (exact) mass is 187 g/mol. The number of allylic oxidation sites excluding steroid dienone is 4. The highest BCUT2D eigenvalue weighted by molar-refractivity contribution is 7.89. The van der Waals surface area contributed by atoms with Crippen molar-refractivity contribution in [2.75, 3.05) is 12.8 Å². The third-order valence-corrected chi connectivity index (χ3v) is 2.37. The Kier molecular flexibility index (Phi) is 5.32. The summed E-state index contributed by atoms with van der Waals surface area (Å²) in [6.07, 6.45) is 8.29. The van der Waals surface area contributed by atoms with Crippen LogP contribution in [0.2, 0.25) is 0 Å². The van der Waals surface area contributed by atoms with Crippen molar-refractivity contribution >= 4 is 10.0 Å². The topological polar surface area (TPSA) is 46.2 Å². The average molecular weight is 187 g/mol. The largest absolute Gasteiger partial charge is 0.218 e. The van der Waals surface area contributed by atoms with E-state index in [4.69, 9.17) is 0 Å². The lowest BCUT2D eigenvalue weighted by molar-refractivity contribution is 0.591. The van der Waals surface area contributed by atoms with Gasteiger partial charge < -0.3 is 0 Å². The maximum absolute atomic E-state index is 10.8. The second-order valence-electron chi connectivity index (χ2n) is 2.03. The van der Waals surface area contributed by atoms with Gasteiger partial charge in [0.15, 0.2) is 0 Å². The summed E-state index contributed by atoms with van der Waals surface area (Å²) in [6.45, 7) is 3.47. The SMILES string of the molecule is C=C/C=C\C=C/CS(=O)(=O)NC. The molecule has 0 bridgehead atoms. The molecule has 0 heterocycles. The minimum Gasteiger partial charge on any atom is -0.218 e. The summed E-state index contributed by atoms with van der Waals surface area (Å²) in [6, 6.07) is 0. The zero-order valence-electron chi connectivity index (χ0n) is 7.03. The van der Waals surface area contributed by atoms with E-state index in [1.165, 1.54) is 7.05 Å². The first kappa shape index (κ1) is 11.1. The van der Waals surface area contributed by atoms with Crippen molar-refractivity contribution in [2.45, 2.75) is 0 Å². The predicted molar refractivity (Wildman–Crippen MR) is 51.3 cm³/mol. The molecule has 0 fully saturated rings. The number of rotatable bonds is 5. The molecule has 0 saturated carbocycles. The van der Waals surface area contributed by atoms with E-state index in [0.717, 1.165) is 0 Å². The Morgan fingerprint density at radius 3 is 2.50 bits per heavy atom. The van der Waals surface area contributed by atoms with Gasteiger partial charge in [0.05, 0.1) is 5.75 Å². The first-order chi connectivity index (χ1) is 5.62. The highest BCUT2D eigenvalue weighted by Gasteiger charge is 2.00. The zero-order chi connectivity index (χ0) is 9.45. The van der Waals surface area contributed by atoms with Gasteiger partial charge in [0.1, 0.15) is 0 Å². The first-order valence-electron chi connectivity index (χ1n) is 3.48. The Morgan fingerprint density at radius 2 is 2.00 bits per heavy atom. The Balaban J connectivity index is 3.91. The fourth-order valence-corrected chi connectivity index (χ4v) is 1.02. The fourth-order valence-electron chi connectivity index (χ4n) is 0.487. The molecule has 0 saturated heterocycles. The van der Waals surface area contributed by atoms with Crippen molar-refractivity contribution in [3.8, 4) is 0 Å².